The quantitative estimate of drug-likeness (QED) is 0.347. The molecular weight excluding hydrogens is 502 g/mol. The normalized spacial score (nSPS) is 24.5. The minimum absolute atomic E-state index is 0.0236. The molecule has 0 bridgehead atoms. The summed E-state index contributed by atoms with van der Waals surface area (Å²) in [6.07, 6.45) is -0.554. The highest BCUT2D eigenvalue weighted by Crippen LogP contribution is 2.44. The predicted octanol–water partition coefficient (Wildman–Crippen LogP) is 5.78. The maximum absolute atomic E-state index is 16.3. The molecule has 4 atom stereocenters. The molecule has 0 saturated carbocycles. The third kappa shape index (κ3) is 5.47. The number of nitrogens with zero attached hydrogens (tertiary/aromatic N) is 4. The van der Waals surface area contributed by atoms with Crippen molar-refractivity contribution in [2.45, 2.75) is 107 Å². The third-order valence-electron chi connectivity index (χ3n) is 7.84. The first-order valence-corrected chi connectivity index (χ1v) is 19.1. The maximum atomic E-state index is 16.3. The Morgan fingerprint density at radius 2 is 1.69 bits per heavy atom. The molecule has 0 aromatic carbocycles. The molecule has 0 unspecified atom stereocenters. The molecule has 12 heteroatoms. The molecule has 2 N–H and O–H groups in total. The number of fused-ring (bicyclic) bond motifs is 1. The second-order valence-electron chi connectivity index (χ2n) is 12.3. The van der Waals surface area contributed by atoms with Crippen LogP contribution < -0.4 is 5.73 Å². The zero-order valence-electron chi connectivity index (χ0n) is 23.0. The van der Waals surface area contributed by atoms with Crippen molar-refractivity contribution in [2.75, 3.05) is 18.6 Å². The Kier molecular flexibility index (Phi) is 7.88. The van der Waals surface area contributed by atoms with Gasteiger partial charge in [-0.05, 0) is 42.5 Å². The summed E-state index contributed by atoms with van der Waals surface area (Å²) >= 11 is 1.41. The predicted molar refractivity (Wildman–Crippen MR) is 146 cm³/mol. The monoisotopic (exact) mass is 543 g/mol. The smallest absolute Gasteiger partial charge is 0.192 e. The molecule has 0 radical (unpaired) electrons. The first-order valence-electron chi connectivity index (χ1n) is 12.1. The molecule has 1 aliphatic heterocycles. The van der Waals surface area contributed by atoms with Gasteiger partial charge in [-0.1, -0.05) is 41.5 Å². The number of rotatable bonds is 7. The molecule has 8 nitrogen and oxygen atoms in total. The van der Waals surface area contributed by atoms with Gasteiger partial charge in [0.1, 0.15) is 29.4 Å². The number of thioether (sulfide) groups is 1. The number of nitrogens with two attached hydrogens (primary N) is 1. The van der Waals surface area contributed by atoms with E-state index < -0.39 is 41.2 Å². The van der Waals surface area contributed by atoms with E-state index in [1.807, 2.05) is 6.26 Å². The molecule has 2 aromatic rings. The van der Waals surface area contributed by atoms with Gasteiger partial charge in [0.15, 0.2) is 34.7 Å². The van der Waals surface area contributed by atoms with Crippen molar-refractivity contribution in [3.05, 3.63) is 6.33 Å². The summed E-state index contributed by atoms with van der Waals surface area (Å²) in [7, 11) is -4.39. The van der Waals surface area contributed by atoms with E-state index in [1.54, 1.807) is 0 Å². The van der Waals surface area contributed by atoms with E-state index in [1.165, 1.54) is 22.8 Å². The summed E-state index contributed by atoms with van der Waals surface area (Å²) in [6.45, 7) is 21.9. The van der Waals surface area contributed by atoms with Crippen LogP contribution in [-0.4, -0.2) is 67.6 Å². The lowest BCUT2D eigenvalue weighted by Crippen LogP contribution is -2.50. The molecule has 0 aliphatic carbocycles. The summed E-state index contributed by atoms with van der Waals surface area (Å²) in [5, 5.41) is 5.81. The molecule has 0 amide bonds. The van der Waals surface area contributed by atoms with Crippen molar-refractivity contribution in [3.8, 4) is 0 Å². The van der Waals surface area contributed by atoms with Crippen LogP contribution in [0.2, 0.25) is 36.3 Å². The topological polar surface area (TPSA) is 97.3 Å². The SMILES string of the molecule is CSc1nn([C@H]2O[C@@H](CO[Si](C)(C)C(C)(C)C)[C@@H](O[Si](C)(C)C(C)(C)C)[C@@H]2F)c2ncnc(N)c12. The van der Waals surface area contributed by atoms with Gasteiger partial charge in [0, 0.05) is 0 Å². The zero-order valence-corrected chi connectivity index (χ0v) is 25.8. The van der Waals surface area contributed by atoms with Crippen molar-refractivity contribution >= 4 is 45.2 Å². The molecule has 3 rings (SSSR count). The Bertz CT molecular complexity index is 1050. The van der Waals surface area contributed by atoms with Crippen LogP contribution in [-0.2, 0) is 13.6 Å². The van der Waals surface area contributed by atoms with Crippen LogP contribution in [0.3, 0.4) is 0 Å². The highest BCUT2D eigenvalue weighted by atomic mass is 32.2. The Hall–Kier alpha value is -1.06. The van der Waals surface area contributed by atoms with Gasteiger partial charge >= 0.3 is 0 Å². The third-order valence-corrected chi connectivity index (χ3v) is 17.5. The molecule has 0 spiro atoms. The van der Waals surface area contributed by atoms with E-state index in [2.05, 4.69) is 82.8 Å². The van der Waals surface area contributed by atoms with Gasteiger partial charge in [0.2, 0.25) is 0 Å². The van der Waals surface area contributed by atoms with E-state index in [9.17, 15) is 0 Å². The van der Waals surface area contributed by atoms with Crippen molar-refractivity contribution in [1.29, 1.82) is 0 Å². The summed E-state index contributed by atoms with van der Waals surface area (Å²) in [5.74, 6) is 0.311. The molecule has 1 aliphatic rings. The average Bonchev–Trinajstić information content (AvgIpc) is 3.23. The number of hydrogen-bond acceptors (Lipinski definition) is 8. The van der Waals surface area contributed by atoms with Gasteiger partial charge in [0.25, 0.3) is 0 Å². The van der Waals surface area contributed by atoms with Crippen LogP contribution in [0.15, 0.2) is 11.4 Å². The van der Waals surface area contributed by atoms with Crippen molar-refractivity contribution in [2.24, 2.45) is 0 Å². The number of alkyl halides is 1. The number of aromatic nitrogens is 4. The minimum atomic E-state index is -2.30. The first-order chi connectivity index (χ1) is 15.9. The van der Waals surface area contributed by atoms with Gasteiger partial charge in [-0.25, -0.2) is 19.0 Å². The van der Waals surface area contributed by atoms with E-state index in [0.29, 0.717) is 21.9 Å². The lowest BCUT2D eigenvalue weighted by molar-refractivity contribution is -0.0474. The van der Waals surface area contributed by atoms with Crippen molar-refractivity contribution in [3.63, 3.8) is 0 Å². The number of nitrogen functional groups attached to an aromatic ring is 1. The fourth-order valence-electron chi connectivity index (χ4n) is 3.47. The Morgan fingerprint density at radius 3 is 2.23 bits per heavy atom. The highest BCUT2D eigenvalue weighted by molar-refractivity contribution is 7.98. The van der Waals surface area contributed by atoms with E-state index >= 15 is 4.39 Å². The van der Waals surface area contributed by atoms with E-state index in [4.69, 9.17) is 19.3 Å². The summed E-state index contributed by atoms with van der Waals surface area (Å²) in [6, 6.07) is 0. The Balaban J connectivity index is 2.00. The van der Waals surface area contributed by atoms with Crippen LogP contribution in [0.5, 0.6) is 0 Å². The molecule has 198 valence electrons. The number of anilines is 1. The van der Waals surface area contributed by atoms with Crippen LogP contribution in [0.1, 0.15) is 47.8 Å². The lowest BCUT2D eigenvalue weighted by atomic mass is 10.1. The van der Waals surface area contributed by atoms with E-state index in [-0.39, 0.29) is 16.7 Å². The van der Waals surface area contributed by atoms with Crippen LogP contribution in [0, 0.1) is 0 Å². The number of hydrogen-bond donors (Lipinski definition) is 1. The summed E-state index contributed by atoms with van der Waals surface area (Å²) < 4.78 is 37.2. The van der Waals surface area contributed by atoms with Gasteiger partial charge in [0.05, 0.1) is 12.0 Å². The lowest BCUT2D eigenvalue weighted by Gasteiger charge is -2.40. The molecular formula is C23H42FN5O3SSi2. The molecule has 35 heavy (non-hydrogen) atoms. The molecule has 3 heterocycles. The van der Waals surface area contributed by atoms with Crippen LogP contribution in [0.4, 0.5) is 10.2 Å². The Labute approximate surface area is 215 Å². The van der Waals surface area contributed by atoms with Gasteiger partial charge < -0.3 is 19.3 Å². The second kappa shape index (κ2) is 9.68. The second-order valence-corrected chi connectivity index (χ2v) is 22.7. The maximum Gasteiger partial charge on any atom is 0.192 e. The number of halogens is 1. The minimum Gasteiger partial charge on any atom is -0.414 e. The summed E-state index contributed by atoms with van der Waals surface area (Å²) in [5.41, 5.74) is 6.56. The number of ether oxygens (including phenoxy) is 1. The standard InChI is InChI=1S/C23H42FN5O3SSi2/c1-22(2,3)34(8,9)30-12-14-17(32-35(10,11)23(4,5)6)16(24)21(31-14)29-19-15(20(28-29)33-7)18(25)26-13-27-19/h13-14,16-17,21H,12H2,1-11H3,(H2,25,26,27)/t14-,16-,17+,21-/m0/s1. The Morgan fingerprint density at radius 1 is 1.09 bits per heavy atom. The molecule has 2 aromatic heterocycles. The van der Waals surface area contributed by atoms with Crippen molar-refractivity contribution in [1.82, 2.24) is 19.7 Å². The first kappa shape index (κ1) is 28.5. The van der Waals surface area contributed by atoms with Crippen LogP contribution >= 0.6 is 11.8 Å². The van der Waals surface area contributed by atoms with E-state index in [0.717, 1.165) is 0 Å². The van der Waals surface area contributed by atoms with Crippen LogP contribution in [0.25, 0.3) is 11.0 Å². The van der Waals surface area contributed by atoms with Crippen molar-refractivity contribution < 1.29 is 18.0 Å². The molecule has 1 fully saturated rings. The van der Waals surface area contributed by atoms with Gasteiger partial charge in [-0.2, -0.15) is 5.10 Å². The average molecular weight is 544 g/mol. The summed E-state index contributed by atoms with van der Waals surface area (Å²) in [4.78, 5) is 8.45. The fourth-order valence-corrected chi connectivity index (χ4v) is 6.37. The zero-order chi connectivity index (χ0) is 26.6. The van der Waals surface area contributed by atoms with Gasteiger partial charge in [-0.15, -0.1) is 11.8 Å². The highest BCUT2D eigenvalue weighted by Gasteiger charge is 2.53. The molecule has 1 saturated heterocycles. The van der Waals surface area contributed by atoms with Gasteiger partial charge in [-0.3, -0.25) is 0 Å². The fraction of sp³-hybridized carbons (Fsp3) is 0.783. The largest absolute Gasteiger partial charge is 0.414 e.